The molecule has 0 spiro atoms. The summed E-state index contributed by atoms with van der Waals surface area (Å²) in [6, 6.07) is 10.6. The number of anilines is 1. The van der Waals surface area contributed by atoms with E-state index in [1.807, 2.05) is 19.1 Å². The number of aromatic nitrogens is 2. The number of fused-ring (bicyclic) bond motifs is 1. The van der Waals surface area contributed by atoms with Gasteiger partial charge < -0.3 is 4.90 Å². The van der Waals surface area contributed by atoms with Crippen molar-refractivity contribution in [2.24, 2.45) is 0 Å². The molecule has 0 aliphatic rings. The molecule has 0 N–H and O–H groups in total. The molecule has 0 amide bonds. The highest BCUT2D eigenvalue weighted by molar-refractivity contribution is 6.32. The Kier molecular flexibility index (Phi) is 6.01. The van der Waals surface area contributed by atoms with Gasteiger partial charge in [0, 0.05) is 29.1 Å². The number of aryl methyl sites for hydroxylation is 3. The quantitative estimate of drug-likeness (QED) is 0.487. The fourth-order valence-electron chi connectivity index (χ4n) is 3.62. The first-order valence-electron chi connectivity index (χ1n) is 9.75. The van der Waals surface area contributed by atoms with E-state index in [0.29, 0.717) is 0 Å². The molecule has 0 aliphatic heterocycles. The lowest BCUT2D eigenvalue weighted by Crippen LogP contribution is -2.25. The molecule has 2 aromatic carbocycles. The summed E-state index contributed by atoms with van der Waals surface area (Å²) in [4.78, 5) is 11.9. The molecule has 3 rings (SSSR count). The summed E-state index contributed by atoms with van der Waals surface area (Å²) in [6.45, 7) is 12.5. The molecule has 0 radical (unpaired) electrons. The molecule has 0 aliphatic carbocycles. The predicted molar refractivity (Wildman–Crippen MR) is 117 cm³/mol. The van der Waals surface area contributed by atoms with Crippen LogP contribution in [0.2, 0.25) is 5.02 Å². The van der Waals surface area contributed by atoms with Crippen LogP contribution in [0.5, 0.6) is 0 Å². The van der Waals surface area contributed by atoms with Gasteiger partial charge in [-0.3, -0.25) is 0 Å². The van der Waals surface area contributed by atoms with E-state index in [0.717, 1.165) is 59.1 Å². The van der Waals surface area contributed by atoms with E-state index in [-0.39, 0.29) is 0 Å². The third kappa shape index (κ3) is 4.08. The minimum Gasteiger partial charge on any atom is -0.356 e. The lowest BCUT2D eigenvalue weighted by Gasteiger charge is -2.24. The van der Waals surface area contributed by atoms with Crippen molar-refractivity contribution in [2.75, 3.05) is 18.0 Å². The summed E-state index contributed by atoms with van der Waals surface area (Å²) in [6.07, 6.45) is 2.30. The van der Waals surface area contributed by atoms with Gasteiger partial charge in [0.25, 0.3) is 0 Å². The number of unbranched alkanes of at least 4 members (excludes halogenated alkanes) is 1. The molecule has 1 heterocycles. The number of halogens is 1. The van der Waals surface area contributed by atoms with Gasteiger partial charge in [0.15, 0.2) is 0 Å². The zero-order valence-corrected chi connectivity index (χ0v) is 17.7. The lowest BCUT2D eigenvalue weighted by molar-refractivity contribution is 0.724. The van der Waals surface area contributed by atoms with Crippen LogP contribution >= 0.6 is 11.6 Å². The standard InChI is InChI=1S/C23H28ClN3/c1-6-8-11-27(7-2)23-21-14-18(24)13-20(22(21)25-17(5)26-23)19-10-9-15(3)12-16(19)4/h9-10,12-14H,6-8,11H2,1-5H3. The smallest absolute Gasteiger partial charge is 0.140 e. The third-order valence-electron chi connectivity index (χ3n) is 4.99. The lowest BCUT2D eigenvalue weighted by atomic mass is 9.96. The number of hydrogen-bond donors (Lipinski definition) is 0. The van der Waals surface area contributed by atoms with Gasteiger partial charge in [-0.1, -0.05) is 48.7 Å². The fraction of sp³-hybridized carbons (Fsp3) is 0.391. The molecular weight excluding hydrogens is 354 g/mol. The van der Waals surface area contributed by atoms with Crippen molar-refractivity contribution < 1.29 is 0 Å². The largest absolute Gasteiger partial charge is 0.356 e. The van der Waals surface area contributed by atoms with Gasteiger partial charge >= 0.3 is 0 Å². The van der Waals surface area contributed by atoms with Crippen molar-refractivity contribution in [1.29, 1.82) is 0 Å². The molecule has 4 heteroatoms. The maximum atomic E-state index is 6.55. The second-order valence-electron chi connectivity index (χ2n) is 7.20. The van der Waals surface area contributed by atoms with Gasteiger partial charge in [0.1, 0.15) is 11.6 Å². The van der Waals surface area contributed by atoms with Crippen molar-refractivity contribution in [3.63, 3.8) is 0 Å². The van der Waals surface area contributed by atoms with Crippen LogP contribution in [0.25, 0.3) is 22.0 Å². The Hall–Kier alpha value is -2.13. The van der Waals surface area contributed by atoms with Crippen LogP contribution in [0.1, 0.15) is 43.6 Å². The van der Waals surface area contributed by atoms with Crippen LogP contribution in [0, 0.1) is 20.8 Å². The summed E-state index contributed by atoms with van der Waals surface area (Å²) >= 11 is 6.55. The molecule has 27 heavy (non-hydrogen) atoms. The summed E-state index contributed by atoms with van der Waals surface area (Å²) in [7, 11) is 0. The minimum absolute atomic E-state index is 0.720. The second-order valence-corrected chi connectivity index (χ2v) is 7.63. The Labute approximate surface area is 167 Å². The van der Waals surface area contributed by atoms with Gasteiger partial charge in [-0.2, -0.15) is 0 Å². The molecule has 3 aromatic rings. The summed E-state index contributed by atoms with van der Waals surface area (Å²) in [5.41, 5.74) is 5.71. The molecule has 0 fully saturated rings. The van der Waals surface area contributed by atoms with Crippen LogP contribution in [0.15, 0.2) is 30.3 Å². The third-order valence-corrected chi connectivity index (χ3v) is 5.21. The molecule has 0 bridgehead atoms. The second kappa shape index (κ2) is 8.26. The van der Waals surface area contributed by atoms with Crippen LogP contribution in [-0.4, -0.2) is 23.1 Å². The number of hydrogen-bond acceptors (Lipinski definition) is 3. The van der Waals surface area contributed by atoms with Crippen LogP contribution < -0.4 is 4.90 Å². The maximum absolute atomic E-state index is 6.55. The Morgan fingerprint density at radius 1 is 0.963 bits per heavy atom. The molecular formula is C23H28ClN3. The van der Waals surface area contributed by atoms with E-state index in [1.165, 1.54) is 16.7 Å². The van der Waals surface area contributed by atoms with Crippen molar-refractivity contribution in [3.05, 3.63) is 52.3 Å². The summed E-state index contributed by atoms with van der Waals surface area (Å²) in [5, 5.41) is 1.75. The van der Waals surface area contributed by atoms with Crippen molar-refractivity contribution in [1.82, 2.24) is 9.97 Å². The van der Waals surface area contributed by atoms with Crippen LogP contribution in [0.3, 0.4) is 0 Å². The molecule has 0 atom stereocenters. The topological polar surface area (TPSA) is 29.0 Å². The highest BCUT2D eigenvalue weighted by Gasteiger charge is 2.17. The Morgan fingerprint density at radius 2 is 1.74 bits per heavy atom. The summed E-state index contributed by atoms with van der Waals surface area (Å²) in [5.74, 6) is 1.78. The van der Waals surface area contributed by atoms with Gasteiger partial charge in [0.05, 0.1) is 5.52 Å². The normalized spacial score (nSPS) is 11.2. The molecule has 1 aromatic heterocycles. The van der Waals surface area contributed by atoms with Crippen LogP contribution in [-0.2, 0) is 0 Å². The van der Waals surface area contributed by atoms with E-state index in [4.69, 9.17) is 21.6 Å². The number of rotatable bonds is 6. The highest BCUT2D eigenvalue weighted by Crippen LogP contribution is 2.36. The zero-order chi connectivity index (χ0) is 19.6. The van der Waals surface area contributed by atoms with Gasteiger partial charge in [-0.05, 0) is 57.4 Å². The Bertz CT molecular complexity index is 965. The molecule has 0 saturated heterocycles. The van der Waals surface area contributed by atoms with E-state index in [2.05, 4.69) is 50.8 Å². The molecule has 142 valence electrons. The SMILES string of the molecule is CCCCN(CC)c1nc(C)nc2c(-c3ccc(C)cc3C)cc(Cl)cc12. The Balaban J connectivity index is 2.28. The average molecular weight is 382 g/mol. The van der Waals surface area contributed by atoms with E-state index in [1.54, 1.807) is 0 Å². The predicted octanol–water partition coefficient (Wildman–Crippen LogP) is 6.50. The average Bonchev–Trinajstić information content (AvgIpc) is 2.62. The van der Waals surface area contributed by atoms with Gasteiger partial charge in [-0.15, -0.1) is 0 Å². The fourth-order valence-corrected chi connectivity index (χ4v) is 3.83. The first kappa shape index (κ1) is 19.6. The maximum Gasteiger partial charge on any atom is 0.140 e. The summed E-state index contributed by atoms with van der Waals surface area (Å²) < 4.78 is 0. The number of nitrogens with zero attached hydrogens (tertiary/aromatic N) is 3. The monoisotopic (exact) mass is 381 g/mol. The minimum atomic E-state index is 0.720. The molecule has 0 saturated carbocycles. The van der Waals surface area contributed by atoms with Gasteiger partial charge in [0.2, 0.25) is 0 Å². The number of benzene rings is 2. The first-order chi connectivity index (χ1) is 12.9. The van der Waals surface area contributed by atoms with Crippen molar-refractivity contribution in [3.8, 4) is 11.1 Å². The Morgan fingerprint density at radius 3 is 2.41 bits per heavy atom. The van der Waals surface area contributed by atoms with E-state index in [9.17, 15) is 0 Å². The molecule has 0 unspecified atom stereocenters. The highest BCUT2D eigenvalue weighted by atomic mass is 35.5. The van der Waals surface area contributed by atoms with Crippen LogP contribution in [0.4, 0.5) is 5.82 Å². The molecule has 3 nitrogen and oxygen atoms in total. The van der Waals surface area contributed by atoms with E-state index >= 15 is 0 Å². The zero-order valence-electron chi connectivity index (χ0n) is 16.9. The van der Waals surface area contributed by atoms with Crippen molar-refractivity contribution in [2.45, 2.75) is 47.5 Å². The van der Waals surface area contributed by atoms with E-state index < -0.39 is 0 Å². The van der Waals surface area contributed by atoms with Gasteiger partial charge in [-0.25, -0.2) is 9.97 Å². The van der Waals surface area contributed by atoms with Crippen molar-refractivity contribution >= 4 is 28.3 Å². The first-order valence-corrected chi connectivity index (χ1v) is 10.1.